The summed E-state index contributed by atoms with van der Waals surface area (Å²) in [6, 6.07) is 9.29. The second-order valence-electron chi connectivity index (χ2n) is 5.48. The molecule has 1 amide bonds. The molecule has 0 spiro atoms. The van der Waals surface area contributed by atoms with Crippen LogP contribution in [-0.2, 0) is 16.0 Å². The van der Waals surface area contributed by atoms with Gasteiger partial charge in [-0.1, -0.05) is 30.3 Å². The van der Waals surface area contributed by atoms with Crippen LogP contribution in [0.1, 0.15) is 31.2 Å². The van der Waals surface area contributed by atoms with Gasteiger partial charge in [0.2, 0.25) is 5.91 Å². The van der Waals surface area contributed by atoms with E-state index < -0.39 is 17.9 Å². The van der Waals surface area contributed by atoms with Crippen molar-refractivity contribution in [3.63, 3.8) is 0 Å². The number of halogens is 1. The van der Waals surface area contributed by atoms with Gasteiger partial charge in [-0.15, -0.1) is 12.4 Å². The van der Waals surface area contributed by atoms with Gasteiger partial charge in [0.05, 0.1) is 0 Å². The summed E-state index contributed by atoms with van der Waals surface area (Å²) >= 11 is 0. The number of carbonyl (C=O) groups excluding carboxylic acids is 1. The third kappa shape index (κ3) is 5.36. The van der Waals surface area contributed by atoms with Crippen LogP contribution in [0.2, 0.25) is 0 Å². The molecule has 6 heteroatoms. The minimum Gasteiger partial charge on any atom is -0.480 e. The van der Waals surface area contributed by atoms with Gasteiger partial charge in [0.1, 0.15) is 6.04 Å². The van der Waals surface area contributed by atoms with Crippen LogP contribution in [0.15, 0.2) is 30.3 Å². The van der Waals surface area contributed by atoms with E-state index in [4.69, 9.17) is 5.73 Å². The van der Waals surface area contributed by atoms with Crippen LogP contribution in [-0.4, -0.2) is 28.6 Å². The Bertz CT molecular complexity index is 489. The normalized spacial score (nSPS) is 16.6. The molecule has 0 unspecified atom stereocenters. The third-order valence-electron chi connectivity index (χ3n) is 3.70. The smallest absolute Gasteiger partial charge is 0.320 e. The minimum absolute atomic E-state index is 0. The molecule has 0 aliphatic heterocycles. The summed E-state index contributed by atoms with van der Waals surface area (Å²) in [5.41, 5.74) is 6.14. The molecule has 4 N–H and O–H groups in total. The Morgan fingerprint density at radius 3 is 2.38 bits per heavy atom. The molecule has 1 fully saturated rings. The van der Waals surface area contributed by atoms with E-state index in [1.54, 1.807) is 0 Å². The second kappa shape index (κ2) is 7.43. The molecule has 1 aromatic carbocycles. The lowest BCUT2D eigenvalue weighted by Crippen LogP contribution is -2.46. The van der Waals surface area contributed by atoms with Crippen molar-refractivity contribution >= 4 is 24.3 Å². The topological polar surface area (TPSA) is 92.4 Å². The molecule has 0 heterocycles. The maximum absolute atomic E-state index is 11.3. The van der Waals surface area contributed by atoms with Gasteiger partial charge in [-0.25, -0.2) is 0 Å². The molecule has 0 aromatic heterocycles. The second-order valence-corrected chi connectivity index (χ2v) is 5.48. The number of hydrogen-bond donors (Lipinski definition) is 3. The Labute approximate surface area is 130 Å². The quantitative estimate of drug-likeness (QED) is 0.678. The lowest BCUT2D eigenvalue weighted by molar-refractivity contribution is -0.140. The Balaban J connectivity index is 0.00000220. The molecule has 5 nitrogen and oxygen atoms in total. The van der Waals surface area contributed by atoms with E-state index in [0.29, 0.717) is 0 Å². The van der Waals surface area contributed by atoms with E-state index in [1.165, 1.54) is 5.56 Å². The lowest BCUT2D eigenvalue weighted by Gasteiger charge is -2.23. The van der Waals surface area contributed by atoms with E-state index in [9.17, 15) is 14.7 Å². The summed E-state index contributed by atoms with van der Waals surface area (Å²) in [5, 5.41) is 12.4. The first-order valence-electron chi connectivity index (χ1n) is 6.83. The fourth-order valence-electron chi connectivity index (χ4n) is 2.42. The first kappa shape index (κ1) is 17.5. The summed E-state index contributed by atoms with van der Waals surface area (Å²) in [6.07, 6.45) is 3.06. The Morgan fingerprint density at radius 1 is 1.29 bits per heavy atom. The number of carbonyl (C=O) groups is 2. The number of primary amides is 1. The standard InChI is InChI=1S/C15H20N2O3.ClH/c16-13(18)7-6-12(14(19)20)17-15(8-9-15)10-11-4-2-1-3-5-11;/h1-5,12,17H,6-10H2,(H2,16,18)(H,19,20);1H/t12-;/m0./s1. The fraction of sp³-hybridized carbons (Fsp3) is 0.467. The van der Waals surface area contributed by atoms with E-state index in [0.717, 1.165) is 19.3 Å². The predicted octanol–water partition coefficient (Wildman–Crippen LogP) is 1.49. The highest BCUT2D eigenvalue weighted by Gasteiger charge is 2.44. The number of nitrogens with two attached hydrogens (primary N) is 1. The van der Waals surface area contributed by atoms with Crippen molar-refractivity contribution in [2.45, 2.75) is 43.7 Å². The van der Waals surface area contributed by atoms with Gasteiger partial charge in [0, 0.05) is 12.0 Å². The number of benzene rings is 1. The van der Waals surface area contributed by atoms with Crippen LogP contribution in [0.3, 0.4) is 0 Å². The van der Waals surface area contributed by atoms with E-state index in [-0.39, 0.29) is 30.8 Å². The molecule has 0 radical (unpaired) electrons. The Kier molecular flexibility index (Phi) is 6.18. The van der Waals surface area contributed by atoms with Gasteiger partial charge in [-0.05, 0) is 31.2 Å². The van der Waals surface area contributed by atoms with Crippen LogP contribution in [0.25, 0.3) is 0 Å². The van der Waals surface area contributed by atoms with Gasteiger partial charge in [-0.3, -0.25) is 14.9 Å². The summed E-state index contributed by atoms with van der Waals surface area (Å²) in [4.78, 5) is 22.1. The van der Waals surface area contributed by atoms with Gasteiger partial charge < -0.3 is 10.8 Å². The van der Waals surface area contributed by atoms with E-state index >= 15 is 0 Å². The number of carboxylic acid groups (broad SMARTS) is 1. The number of nitrogens with one attached hydrogen (secondary N) is 1. The highest BCUT2D eigenvalue weighted by Crippen LogP contribution is 2.39. The average molecular weight is 313 g/mol. The molecule has 0 bridgehead atoms. The highest BCUT2D eigenvalue weighted by atomic mass is 35.5. The molecule has 1 aliphatic carbocycles. The van der Waals surface area contributed by atoms with Crippen molar-refractivity contribution in [3.8, 4) is 0 Å². The fourth-order valence-corrected chi connectivity index (χ4v) is 2.42. The highest BCUT2D eigenvalue weighted by molar-refractivity contribution is 5.85. The van der Waals surface area contributed by atoms with Gasteiger partial charge in [0.25, 0.3) is 0 Å². The number of carboxylic acids is 1. The van der Waals surface area contributed by atoms with E-state index in [1.807, 2.05) is 30.3 Å². The zero-order valence-corrected chi connectivity index (χ0v) is 12.6. The maximum atomic E-state index is 11.3. The monoisotopic (exact) mass is 312 g/mol. The molecule has 21 heavy (non-hydrogen) atoms. The summed E-state index contributed by atoms with van der Waals surface area (Å²) in [6.45, 7) is 0. The number of rotatable bonds is 8. The van der Waals surface area contributed by atoms with Crippen LogP contribution in [0.4, 0.5) is 0 Å². The molecule has 2 rings (SSSR count). The van der Waals surface area contributed by atoms with Crippen molar-refractivity contribution < 1.29 is 14.7 Å². The summed E-state index contributed by atoms with van der Waals surface area (Å²) < 4.78 is 0. The molecular weight excluding hydrogens is 292 g/mol. The summed E-state index contributed by atoms with van der Waals surface area (Å²) in [5.74, 6) is -1.39. The van der Waals surface area contributed by atoms with Crippen LogP contribution < -0.4 is 11.1 Å². The van der Waals surface area contributed by atoms with Crippen molar-refractivity contribution in [1.82, 2.24) is 5.32 Å². The minimum atomic E-state index is -0.925. The largest absolute Gasteiger partial charge is 0.480 e. The number of hydrogen-bond acceptors (Lipinski definition) is 3. The average Bonchev–Trinajstić information content (AvgIpc) is 3.15. The molecule has 1 saturated carbocycles. The molecule has 116 valence electrons. The maximum Gasteiger partial charge on any atom is 0.320 e. The van der Waals surface area contributed by atoms with Crippen molar-refractivity contribution in [3.05, 3.63) is 35.9 Å². The zero-order valence-electron chi connectivity index (χ0n) is 11.7. The molecule has 1 atom stereocenters. The predicted molar refractivity (Wildman–Crippen MR) is 82.3 cm³/mol. The van der Waals surface area contributed by atoms with Crippen LogP contribution in [0, 0.1) is 0 Å². The SMILES string of the molecule is Cl.NC(=O)CC[C@H](NC1(Cc2ccccc2)CC1)C(=O)O. The van der Waals surface area contributed by atoms with Crippen molar-refractivity contribution in [2.75, 3.05) is 0 Å². The lowest BCUT2D eigenvalue weighted by atomic mass is 10.0. The Hall–Kier alpha value is -1.59. The first-order chi connectivity index (χ1) is 9.51. The zero-order chi connectivity index (χ0) is 14.6. The van der Waals surface area contributed by atoms with Crippen molar-refractivity contribution in [1.29, 1.82) is 0 Å². The Morgan fingerprint density at radius 2 is 1.90 bits per heavy atom. The number of aliphatic carboxylic acids is 1. The number of amides is 1. The van der Waals surface area contributed by atoms with Crippen LogP contribution >= 0.6 is 12.4 Å². The van der Waals surface area contributed by atoms with Gasteiger partial charge in [0.15, 0.2) is 0 Å². The summed E-state index contributed by atoms with van der Waals surface area (Å²) in [7, 11) is 0. The molecule has 1 aromatic rings. The first-order valence-corrected chi connectivity index (χ1v) is 6.83. The van der Waals surface area contributed by atoms with Gasteiger partial charge in [-0.2, -0.15) is 0 Å². The molecule has 1 aliphatic rings. The third-order valence-corrected chi connectivity index (χ3v) is 3.70. The molecular formula is C15H21ClN2O3. The molecule has 0 saturated heterocycles. The van der Waals surface area contributed by atoms with Crippen LogP contribution in [0.5, 0.6) is 0 Å². The van der Waals surface area contributed by atoms with E-state index in [2.05, 4.69) is 5.32 Å². The van der Waals surface area contributed by atoms with Gasteiger partial charge >= 0.3 is 5.97 Å². The van der Waals surface area contributed by atoms with Crippen molar-refractivity contribution in [2.24, 2.45) is 5.73 Å².